The van der Waals surface area contributed by atoms with E-state index >= 15 is 0 Å². The van der Waals surface area contributed by atoms with Crippen LogP contribution in [0.3, 0.4) is 0 Å². The molecule has 1 aromatic carbocycles. The fourth-order valence-corrected chi connectivity index (χ4v) is 4.48. The first-order chi connectivity index (χ1) is 16.9. The van der Waals surface area contributed by atoms with Crippen molar-refractivity contribution in [2.45, 2.75) is 59.0 Å². The molecular weight excluding hydrogens is 456 g/mol. The van der Waals surface area contributed by atoms with Crippen LogP contribution in [0.1, 0.15) is 59.2 Å². The first kappa shape index (κ1) is 26.7. The van der Waals surface area contributed by atoms with Gasteiger partial charge in [0.05, 0.1) is 23.5 Å². The van der Waals surface area contributed by atoms with E-state index in [1.165, 1.54) is 5.57 Å². The summed E-state index contributed by atoms with van der Waals surface area (Å²) in [5.74, 6) is 1.51. The summed E-state index contributed by atoms with van der Waals surface area (Å²) in [7, 11) is 0. The molecule has 186 valence electrons. The molecule has 5 rings (SSSR count). The van der Waals surface area contributed by atoms with Crippen LogP contribution in [0, 0.1) is 5.41 Å². The molecule has 1 saturated heterocycles. The predicted octanol–water partition coefficient (Wildman–Crippen LogP) is 7.48. The molecule has 3 aliphatic rings. The molecule has 1 aromatic heterocycles. The number of piperidine rings is 1. The first-order valence-corrected chi connectivity index (χ1v) is 12.9. The highest BCUT2D eigenvalue weighted by atomic mass is 35.5. The van der Waals surface area contributed by atoms with Gasteiger partial charge in [0, 0.05) is 29.3 Å². The number of halogens is 1. The molecule has 35 heavy (non-hydrogen) atoms. The number of aromatic nitrogens is 2. The Morgan fingerprint density at radius 2 is 1.97 bits per heavy atom. The van der Waals surface area contributed by atoms with Gasteiger partial charge in [0.1, 0.15) is 11.4 Å². The van der Waals surface area contributed by atoms with Gasteiger partial charge in [-0.3, -0.25) is 5.41 Å². The predicted molar refractivity (Wildman–Crippen MR) is 148 cm³/mol. The van der Waals surface area contributed by atoms with Crippen LogP contribution in [0.15, 0.2) is 66.0 Å². The maximum absolute atomic E-state index is 7.73. The van der Waals surface area contributed by atoms with Crippen molar-refractivity contribution in [3.05, 3.63) is 76.8 Å². The van der Waals surface area contributed by atoms with E-state index in [0.717, 1.165) is 71.8 Å². The number of ether oxygens (including phenoxy) is 1. The Kier molecular flexibility index (Phi) is 9.33. The molecule has 3 heterocycles. The van der Waals surface area contributed by atoms with Crippen LogP contribution in [-0.4, -0.2) is 46.0 Å². The molecule has 2 aromatic rings. The van der Waals surface area contributed by atoms with Gasteiger partial charge in [0.15, 0.2) is 0 Å². The zero-order chi connectivity index (χ0) is 25.4. The molecule has 1 aliphatic carbocycles. The summed E-state index contributed by atoms with van der Waals surface area (Å²) in [5.41, 5.74) is 8.60. The van der Waals surface area contributed by atoms with Crippen molar-refractivity contribution in [2.24, 2.45) is 0 Å². The molecule has 0 radical (unpaired) electrons. The molecule has 6 heteroatoms. The summed E-state index contributed by atoms with van der Waals surface area (Å²) in [5, 5.41) is 8.45. The second kappa shape index (κ2) is 12.2. The van der Waals surface area contributed by atoms with E-state index in [9.17, 15) is 0 Å². The van der Waals surface area contributed by atoms with Gasteiger partial charge in [-0.25, -0.2) is 4.98 Å². The molecule has 5 nitrogen and oxygen atoms in total. The van der Waals surface area contributed by atoms with Crippen molar-refractivity contribution in [3.8, 4) is 0 Å². The van der Waals surface area contributed by atoms with Crippen LogP contribution < -0.4 is 0 Å². The number of hydrogen-bond acceptors (Lipinski definition) is 3. The van der Waals surface area contributed by atoms with Crippen molar-refractivity contribution in [2.75, 3.05) is 19.7 Å². The highest BCUT2D eigenvalue weighted by Crippen LogP contribution is 2.37. The van der Waals surface area contributed by atoms with E-state index < -0.39 is 0 Å². The number of benzene rings is 1. The molecule has 2 N–H and O–H groups in total. The smallest absolute Gasteiger partial charge is 0.133 e. The lowest BCUT2D eigenvalue weighted by molar-refractivity contribution is -0.0393. The number of imidazole rings is 1. The third kappa shape index (κ3) is 6.43. The number of likely N-dealkylation sites (tertiary alicyclic amines) is 1. The minimum Gasteiger partial charge on any atom is -0.364 e. The van der Waals surface area contributed by atoms with Crippen LogP contribution in [0.25, 0.3) is 16.6 Å². The second-order valence-corrected chi connectivity index (χ2v) is 9.10. The summed E-state index contributed by atoms with van der Waals surface area (Å²) >= 11 is 5.87. The Labute approximate surface area is 214 Å². The van der Waals surface area contributed by atoms with Crippen molar-refractivity contribution >= 4 is 34.0 Å². The minimum atomic E-state index is -0.170. The molecule has 2 bridgehead atoms. The van der Waals surface area contributed by atoms with Gasteiger partial charge in [-0.05, 0) is 56.4 Å². The quantitative estimate of drug-likeness (QED) is 0.259. The molecule has 0 atom stereocenters. The Hall–Kier alpha value is -2.85. The molecule has 1 fully saturated rings. The SMILES string of the molecule is C=C(CC)c1nc2ccc(Cl)cc2[nH]1.CC.CC(=N)N1CCC2(CC1)OCC1=C=C2/C=C\C/C=C\1. The average Bonchev–Trinajstić information content (AvgIpc) is 3.28. The minimum absolute atomic E-state index is 0.170. The molecule has 0 amide bonds. The average molecular weight is 493 g/mol. The lowest BCUT2D eigenvalue weighted by atomic mass is 9.81. The molecule has 0 unspecified atom stereocenters. The largest absolute Gasteiger partial charge is 0.364 e. The van der Waals surface area contributed by atoms with Crippen LogP contribution in [0.5, 0.6) is 0 Å². The fourth-order valence-electron chi connectivity index (χ4n) is 4.31. The van der Waals surface area contributed by atoms with Gasteiger partial charge in [-0.2, -0.15) is 0 Å². The van der Waals surface area contributed by atoms with Crippen LogP contribution in [0.4, 0.5) is 0 Å². The standard InChI is InChI=1S/C16H20N2O.C11H11ClN2.C2H6/c1-13(17)18-9-7-16(8-10-18)15-6-4-2-3-5-14(11-15)12-19-16;1-3-7(2)11-13-9-5-4-8(12)6-10(9)14-11;1-2/h3-6,17H,2,7-10,12H2,1H3;4-6H,2-3H2,1H3,(H,13,14);1-2H3/b5-3-,6-4-,17-13?;;. The van der Waals surface area contributed by atoms with Crippen LogP contribution in [-0.2, 0) is 4.74 Å². The topological polar surface area (TPSA) is 65.0 Å². The number of H-pyrrole nitrogens is 1. The second-order valence-electron chi connectivity index (χ2n) is 8.66. The van der Waals surface area contributed by atoms with E-state index in [-0.39, 0.29) is 5.60 Å². The Bertz CT molecular complexity index is 1190. The van der Waals surface area contributed by atoms with Gasteiger partial charge in [0.2, 0.25) is 0 Å². The molecule has 2 aliphatic heterocycles. The van der Waals surface area contributed by atoms with Crippen LogP contribution >= 0.6 is 11.6 Å². The molecular formula is C29H37ClN4O. The Morgan fingerprint density at radius 1 is 1.26 bits per heavy atom. The summed E-state index contributed by atoms with van der Waals surface area (Å²) in [6.07, 6.45) is 12.4. The zero-order valence-corrected chi connectivity index (χ0v) is 22.1. The van der Waals surface area contributed by atoms with Gasteiger partial charge < -0.3 is 14.6 Å². The monoisotopic (exact) mass is 492 g/mol. The number of hydrogen-bond donors (Lipinski definition) is 2. The summed E-state index contributed by atoms with van der Waals surface area (Å²) in [6.45, 7) is 14.3. The number of rotatable bonds is 2. The van der Waals surface area contributed by atoms with E-state index in [2.05, 4.69) is 58.4 Å². The van der Waals surface area contributed by atoms with Gasteiger partial charge in [0.25, 0.3) is 0 Å². The lowest BCUT2D eigenvalue weighted by Crippen LogP contribution is -2.49. The van der Waals surface area contributed by atoms with Crippen molar-refractivity contribution in [3.63, 3.8) is 0 Å². The van der Waals surface area contributed by atoms with Gasteiger partial charge in [-0.15, -0.1) is 5.73 Å². The van der Waals surface area contributed by atoms with E-state index in [1.807, 2.05) is 39.0 Å². The molecule has 1 spiro atoms. The maximum Gasteiger partial charge on any atom is 0.133 e. The van der Waals surface area contributed by atoms with Crippen molar-refractivity contribution in [1.29, 1.82) is 5.41 Å². The summed E-state index contributed by atoms with van der Waals surface area (Å²) < 4.78 is 6.20. The Morgan fingerprint density at radius 3 is 2.66 bits per heavy atom. The third-order valence-corrected chi connectivity index (χ3v) is 6.65. The highest BCUT2D eigenvalue weighted by Gasteiger charge is 2.40. The number of allylic oxidation sites excluding steroid dienone is 3. The van der Waals surface area contributed by atoms with Crippen LogP contribution in [0.2, 0.25) is 5.02 Å². The maximum atomic E-state index is 7.73. The van der Waals surface area contributed by atoms with Gasteiger partial charge in [-0.1, -0.05) is 63.3 Å². The van der Waals surface area contributed by atoms with Crippen molar-refractivity contribution in [1.82, 2.24) is 14.9 Å². The number of fused-ring (bicyclic) bond motifs is 2. The Balaban J connectivity index is 0.000000190. The first-order valence-electron chi connectivity index (χ1n) is 12.5. The van der Waals surface area contributed by atoms with E-state index in [0.29, 0.717) is 12.4 Å². The number of nitrogens with zero attached hydrogens (tertiary/aromatic N) is 2. The van der Waals surface area contributed by atoms with E-state index in [1.54, 1.807) is 0 Å². The summed E-state index contributed by atoms with van der Waals surface area (Å²) in [4.78, 5) is 9.73. The zero-order valence-electron chi connectivity index (χ0n) is 21.4. The highest BCUT2D eigenvalue weighted by molar-refractivity contribution is 6.31. The lowest BCUT2D eigenvalue weighted by Gasteiger charge is -2.43. The third-order valence-electron chi connectivity index (χ3n) is 6.42. The number of nitrogens with one attached hydrogen (secondary N) is 2. The number of aromatic amines is 1. The molecule has 0 saturated carbocycles. The van der Waals surface area contributed by atoms with E-state index in [4.69, 9.17) is 21.7 Å². The van der Waals surface area contributed by atoms with Gasteiger partial charge >= 0.3 is 0 Å². The normalized spacial score (nSPS) is 19.6. The number of amidine groups is 1. The van der Waals surface area contributed by atoms with Crippen molar-refractivity contribution < 1.29 is 4.74 Å². The summed E-state index contributed by atoms with van der Waals surface area (Å²) in [6, 6.07) is 5.61. The fraction of sp³-hybridized carbons (Fsp3) is 0.414.